The molecule has 0 aliphatic heterocycles. The van der Waals surface area contributed by atoms with Crippen molar-refractivity contribution >= 4 is 17.8 Å². The molecule has 152 valence electrons. The van der Waals surface area contributed by atoms with Gasteiger partial charge in [0.05, 0.1) is 34.0 Å². The Hall–Kier alpha value is -3.00. The number of benzene rings is 2. The Morgan fingerprint density at radius 1 is 0.897 bits per heavy atom. The van der Waals surface area contributed by atoms with E-state index in [1.807, 2.05) is 30.3 Å². The molecule has 8 heteroatoms. The fraction of sp³-hybridized carbons (Fsp3) is 0.286. The smallest absolute Gasteiger partial charge is 0.183 e. The van der Waals surface area contributed by atoms with Crippen molar-refractivity contribution in [2.24, 2.45) is 0 Å². The molecule has 0 spiro atoms. The minimum absolute atomic E-state index is 0.660. The van der Waals surface area contributed by atoms with Gasteiger partial charge in [-0.25, -0.2) is 0 Å². The molecule has 0 saturated carbocycles. The molecule has 0 radical (unpaired) electrons. The van der Waals surface area contributed by atoms with Crippen molar-refractivity contribution in [3.05, 3.63) is 41.5 Å². The summed E-state index contributed by atoms with van der Waals surface area (Å²) in [5, 5.41) is 4.27. The zero-order valence-corrected chi connectivity index (χ0v) is 17.5. The van der Waals surface area contributed by atoms with E-state index in [2.05, 4.69) is 9.88 Å². The van der Waals surface area contributed by atoms with E-state index in [1.54, 1.807) is 28.4 Å². The lowest BCUT2D eigenvalue weighted by Crippen LogP contribution is -2.06. The van der Waals surface area contributed by atoms with Crippen LogP contribution in [0.25, 0.3) is 11.3 Å². The van der Waals surface area contributed by atoms with E-state index in [1.165, 1.54) is 11.9 Å². The molecular weight excluding hydrogens is 392 g/mol. The molecule has 29 heavy (non-hydrogen) atoms. The number of hydrogen-bond acceptors (Lipinski definition) is 8. The number of ether oxygens (including phenoxy) is 4. The van der Waals surface area contributed by atoms with E-state index in [0.29, 0.717) is 23.1 Å². The van der Waals surface area contributed by atoms with Crippen LogP contribution in [0.3, 0.4) is 0 Å². The Bertz CT molecular complexity index is 1010. The van der Waals surface area contributed by atoms with E-state index >= 15 is 0 Å². The van der Waals surface area contributed by atoms with Gasteiger partial charge in [0.2, 0.25) is 0 Å². The van der Waals surface area contributed by atoms with E-state index in [9.17, 15) is 0 Å². The van der Waals surface area contributed by atoms with Crippen LogP contribution < -0.4 is 23.7 Å². The normalized spacial score (nSPS) is 12.0. The van der Waals surface area contributed by atoms with Gasteiger partial charge in [0, 0.05) is 5.56 Å². The monoisotopic (exact) mass is 414 g/mol. The highest BCUT2D eigenvalue weighted by molar-refractivity contribution is 8.00. The Morgan fingerprint density at radius 2 is 1.62 bits per heavy atom. The fourth-order valence-electron chi connectivity index (χ4n) is 3.52. The first-order valence-corrected chi connectivity index (χ1v) is 9.90. The molecule has 3 aromatic rings. The number of fused-ring (bicyclic) bond motifs is 3. The van der Waals surface area contributed by atoms with Gasteiger partial charge in [-0.05, 0) is 48.6 Å². The highest BCUT2D eigenvalue weighted by atomic mass is 32.2. The molecular formula is C21H22N2O5S. The number of aromatic nitrogens is 1. The van der Waals surface area contributed by atoms with Crippen molar-refractivity contribution in [3.63, 3.8) is 0 Å². The van der Waals surface area contributed by atoms with Crippen molar-refractivity contribution in [1.82, 2.24) is 5.16 Å². The number of methoxy groups -OCH3 is 4. The van der Waals surface area contributed by atoms with Gasteiger partial charge >= 0.3 is 0 Å². The summed E-state index contributed by atoms with van der Waals surface area (Å²) >= 11 is 1.37. The zero-order valence-electron chi connectivity index (χ0n) is 16.7. The topological polar surface area (TPSA) is 75.0 Å². The van der Waals surface area contributed by atoms with Crippen molar-refractivity contribution in [2.75, 3.05) is 33.2 Å². The summed E-state index contributed by atoms with van der Waals surface area (Å²) in [4.78, 5) is 0.838. The van der Waals surface area contributed by atoms with Gasteiger partial charge in [-0.1, -0.05) is 17.3 Å². The predicted octanol–water partition coefficient (Wildman–Crippen LogP) is 4.59. The highest BCUT2D eigenvalue weighted by Crippen LogP contribution is 2.47. The molecule has 1 N–H and O–H groups in total. The van der Waals surface area contributed by atoms with Crippen molar-refractivity contribution in [3.8, 4) is 34.3 Å². The maximum absolute atomic E-state index is 5.73. The Balaban J connectivity index is 1.68. The van der Waals surface area contributed by atoms with Crippen LogP contribution in [0.5, 0.6) is 23.0 Å². The van der Waals surface area contributed by atoms with Crippen molar-refractivity contribution in [1.29, 1.82) is 0 Å². The Labute approximate surface area is 173 Å². The maximum Gasteiger partial charge on any atom is 0.183 e. The quantitative estimate of drug-likeness (QED) is 0.563. The van der Waals surface area contributed by atoms with E-state index in [0.717, 1.165) is 45.9 Å². The van der Waals surface area contributed by atoms with Crippen LogP contribution in [-0.4, -0.2) is 33.6 Å². The molecule has 4 rings (SSSR count). The van der Waals surface area contributed by atoms with Gasteiger partial charge in [-0.3, -0.25) is 0 Å². The molecule has 0 bridgehead atoms. The number of nitrogens with one attached hydrogen (secondary N) is 1. The van der Waals surface area contributed by atoms with Crippen LogP contribution in [-0.2, 0) is 12.8 Å². The first-order valence-electron chi connectivity index (χ1n) is 9.08. The Kier molecular flexibility index (Phi) is 5.44. The molecule has 0 fully saturated rings. The second-order valence-electron chi connectivity index (χ2n) is 6.37. The number of anilines is 1. The number of rotatable bonds is 7. The highest BCUT2D eigenvalue weighted by Gasteiger charge is 2.29. The van der Waals surface area contributed by atoms with Crippen LogP contribution >= 0.6 is 11.9 Å². The minimum Gasteiger partial charge on any atom is -0.495 e. The SMILES string of the molecule is COc1ccc2c(c1OC)-c1onc(NSc3c(OC)cccc3OC)c1CC2. The number of aryl methyl sites for hydroxylation is 1. The molecule has 2 aromatic carbocycles. The third kappa shape index (κ3) is 3.33. The van der Waals surface area contributed by atoms with Gasteiger partial charge in [0.25, 0.3) is 0 Å². The minimum atomic E-state index is 0.660. The molecule has 1 heterocycles. The lowest BCUT2D eigenvalue weighted by atomic mass is 9.89. The van der Waals surface area contributed by atoms with E-state index in [4.69, 9.17) is 23.5 Å². The third-order valence-corrected chi connectivity index (χ3v) is 5.83. The largest absolute Gasteiger partial charge is 0.495 e. The molecule has 7 nitrogen and oxygen atoms in total. The van der Waals surface area contributed by atoms with Crippen LogP contribution in [0, 0.1) is 0 Å². The summed E-state index contributed by atoms with van der Waals surface area (Å²) < 4.78 is 31.0. The van der Waals surface area contributed by atoms with Crippen molar-refractivity contribution < 1.29 is 23.5 Å². The lowest BCUT2D eigenvalue weighted by molar-refractivity contribution is 0.353. The fourth-order valence-corrected chi connectivity index (χ4v) is 4.38. The average Bonchev–Trinajstić information content (AvgIpc) is 3.19. The van der Waals surface area contributed by atoms with Crippen LogP contribution in [0.15, 0.2) is 39.8 Å². The molecule has 1 aromatic heterocycles. The number of hydrogen-bond donors (Lipinski definition) is 1. The second-order valence-corrected chi connectivity index (χ2v) is 7.19. The molecule has 0 unspecified atom stereocenters. The lowest BCUT2D eigenvalue weighted by Gasteiger charge is -2.19. The van der Waals surface area contributed by atoms with Crippen LogP contribution in [0.4, 0.5) is 5.82 Å². The summed E-state index contributed by atoms with van der Waals surface area (Å²) in [6.45, 7) is 0. The molecule has 1 aliphatic carbocycles. The predicted molar refractivity (Wildman–Crippen MR) is 111 cm³/mol. The van der Waals surface area contributed by atoms with Gasteiger partial charge in [-0.15, -0.1) is 0 Å². The molecule has 0 amide bonds. The molecule has 0 atom stereocenters. The summed E-state index contributed by atoms with van der Waals surface area (Å²) in [5.41, 5.74) is 3.05. The zero-order chi connectivity index (χ0) is 20.4. The van der Waals surface area contributed by atoms with Crippen LogP contribution in [0.1, 0.15) is 11.1 Å². The van der Waals surface area contributed by atoms with Crippen LogP contribution in [0.2, 0.25) is 0 Å². The summed E-state index contributed by atoms with van der Waals surface area (Å²) in [6, 6.07) is 9.62. The van der Waals surface area contributed by atoms with Crippen molar-refractivity contribution in [2.45, 2.75) is 17.7 Å². The van der Waals surface area contributed by atoms with E-state index in [-0.39, 0.29) is 0 Å². The van der Waals surface area contributed by atoms with E-state index < -0.39 is 0 Å². The molecule has 1 aliphatic rings. The van der Waals surface area contributed by atoms with Gasteiger partial charge in [-0.2, -0.15) is 0 Å². The standard InChI is InChI=1S/C21H22N2O5S/c1-24-14-11-9-12-8-10-13-18(17(12)19(14)27-4)28-22-21(13)23-29-20-15(25-2)6-5-7-16(20)26-3/h5-7,9,11H,8,10H2,1-4H3,(H,22,23). The first-order chi connectivity index (χ1) is 14.2. The maximum atomic E-state index is 5.73. The number of nitrogens with zero attached hydrogens (tertiary/aromatic N) is 1. The van der Waals surface area contributed by atoms with Gasteiger partial charge in [0.1, 0.15) is 16.4 Å². The summed E-state index contributed by atoms with van der Waals surface area (Å²) in [5.74, 6) is 4.14. The summed E-state index contributed by atoms with van der Waals surface area (Å²) in [6.07, 6.45) is 1.68. The summed E-state index contributed by atoms with van der Waals surface area (Å²) in [7, 11) is 6.52. The van der Waals surface area contributed by atoms with Gasteiger partial charge in [0.15, 0.2) is 23.1 Å². The Morgan fingerprint density at radius 3 is 2.28 bits per heavy atom. The van der Waals surface area contributed by atoms with Gasteiger partial charge < -0.3 is 28.2 Å². The average molecular weight is 414 g/mol. The molecule has 0 saturated heterocycles. The third-order valence-electron chi connectivity index (χ3n) is 4.92. The first kappa shape index (κ1) is 19.3. The second kappa shape index (κ2) is 8.16.